The molecule has 0 aromatic rings. The van der Waals surface area contributed by atoms with Crippen molar-refractivity contribution in [3.05, 3.63) is 11.6 Å². The monoisotopic (exact) mass is 279 g/mol. The fourth-order valence-corrected chi connectivity index (χ4v) is 1.91. The second-order valence-corrected chi connectivity index (χ2v) is 5.13. The van der Waals surface area contributed by atoms with E-state index in [1.807, 2.05) is 13.0 Å². The van der Waals surface area contributed by atoms with Crippen LogP contribution in [0, 0.1) is 11.3 Å². The van der Waals surface area contributed by atoms with Crippen molar-refractivity contribution in [2.45, 2.75) is 78.1 Å². The number of carbonyl (C=O) groups is 1. The second-order valence-electron chi connectivity index (χ2n) is 5.13. The molecule has 0 aromatic heterocycles. The Hall–Kier alpha value is -1.30. The van der Waals surface area contributed by atoms with E-state index in [9.17, 15) is 4.79 Å². The predicted molar refractivity (Wildman–Crippen MR) is 82.2 cm³/mol. The zero-order valence-electron chi connectivity index (χ0n) is 13.1. The summed E-state index contributed by atoms with van der Waals surface area (Å²) < 4.78 is 5.03. The van der Waals surface area contributed by atoms with Gasteiger partial charge in [-0.05, 0) is 19.3 Å². The summed E-state index contributed by atoms with van der Waals surface area (Å²) in [5, 5.41) is 8.93. The molecule has 0 N–H and O–H groups in total. The van der Waals surface area contributed by atoms with Crippen LogP contribution >= 0.6 is 0 Å². The summed E-state index contributed by atoms with van der Waals surface area (Å²) >= 11 is 0. The van der Waals surface area contributed by atoms with E-state index in [-0.39, 0.29) is 5.57 Å². The lowest BCUT2D eigenvalue weighted by molar-refractivity contribution is -0.138. The molecular formula is C17H29NO2. The highest BCUT2D eigenvalue weighted by molar-refractivity contribution is 5.92. The summed E-state index contributed by atoms with van der Waals surface area (Å²) in [5.41, 5.74) is 0.159. The molecule has 0 radical (unpaired) electrons. The van der Waals surface area contributed by atoms with Gasteiger partial charge in [0.05, 0.1) is 6.61 Å². The molecule has 114 valence electrons. The molecule has 3 nitrogen and oxygen atoms in total. The Bertz CT molecular complexity index is 315. The van der Waals surface area contributed by atoms with Gasteiger partial charge in [-0.25, -0.2) is 4.79 Å². The third-order valence-electron chi connectivity index (χ3n) is 3.23. The number of nitriles is 1. The first-order valence-electron chi connectivity index (χ1n) is 8.03. The van der Waals surface area contributed by atoms with Gasteiger partial charge in [0.1, 0.15) is 11.6 Å². The van der Waals surface area contributed by atoms with Crippen molar-refractivity contribution < 1.29 is 9.53 Å². The van der Waals surface area contributed by atoms with Gasteiger partial charge >= 0.3 is 5.97 Å². The number of hydrogen-bond acceptors (Lipinski definition) is 3. The van der Waals surface area contributed by atoms with Gasteiger partial charge in [-0.3, -0.25) is 0 Å². The van der Waals surface area contributed by atoms with E-state index >= 15 is 0 Å². The topological polar surface area (TPSA) is 50.1 Å². The van der Waals surface area contributed by atoms with E-state index in [2.05, 4.69) is 6.92 Å². The molecule has 0 saturated heterocycles. The molecule has 0 amide bonds. The van der Waals surface area contributed by atoms with Gasteiger partial charge in [-0.1, -0.05) is 64.9 Å². The standard InChI is InChI=1S/C17H29NO2/c1-3-5-7-8-9-10-11-12-13-16(15-18)17(19)20-14-6-4-2/h13H,3-12,14H2,1-2H3. The molecule has 20 heavy (non-hydrogen) atoms. The molecule has 0 rings (SSSR count). The highest BCUT2D eigenvalue weighted by atomic mass is 16.5. The van der Waals surface area contributed by atoms with E-state index in [4.69, 9.17) is 10.00 Å². The summed E-state index contributed by atoms with van der Waals surface area (Å²) in [6.07, 6.45) is 13.0. The van der Waals surface area contributed by atoms with Gasteiger partial charge in [0.15, 0.2) is 0 Å². The van der Waals surface area contributed by atoms with E-state index in [1.54, 1.807) is 6.08 Å². The average Bonchev–Trinajstić information content (AvgIpc) is 2.46. The van der Waals surface area contributed by atoms with Crippen LogP contribution in [0.5, 0.6) is 0 Å². The second kappa shape index (κ2) is 14.1. The Labute approximate surface area is 124 Å². The van der Waals surface area contributed by atoms with Gasteiger partial charge in [0.2, 0.25) is 0 Å². The molecule has 0 aliphatic heterocycles. The summed E-state index contributed by atoms with van der Waals surface area (Å²) in [6, 6.07) is 1.93. The Morgan fingerprint density at radius 3 is 2.20 bits per heavy atom. The minimum atomic E-state index is -0.469. The molecule has 0 heterocycles. The van der Waals surface area contributed by atoms with Crippen molar-refractivity contribution >= 4 is 5.97 Å². The predicted octanol–water partition coefficient (Wildman–Crippen LogP) is 4.92. The number of carbonyl (C=O) groups excluding carboxylic acids is 1. The Kier molecular flexibility index (Phi) is 13.2. The van der Waals surface area contributed by atoms with Crippen LogP contribution in [0.1, 0.15) is 78.1 Å². The van der Waals surface area contributed by atoms with Crippen LogP contribution in [0.4, 0.5) is 0 Å². The van der Waals surface area contributed by atoms with E-state index < -0.39 is 5.97 Å². The SMILES string of the molecule is CCCCCCCCCC=C(C#N)C(=O)OCCCC. The maximum Gasteiger partial charge on any atom is 0.348 e. The van der Waals surface area contributed by atoms with Gasteiger partial charge in [0.25, 0.3) is 0 Å². The molecule has 0 aliphatic carbocycles. The van der Waals surface area contributed by atoms with Gasteiger partial charge in [0, 0.05) is 0 Å². The zero-order valence-corrected chi connectivity index (χ0v) is 13.1. The van der Waals surface area contributed by atoms with E-state index in [0.717, 1.165) is 25.7 Å². The van der Waals surface area contributed by atoms with Crippen LogP contribution in [0.25, 0.3) is 0 Å². The first kappa shape index (κ1) is 18.7. The Balaban J connectivity index is 3.74. The quantitative estimate of drug-likeness (QED) is 0.220. The van der Waals surface area contributed by atoms with E-state index in [1.165, 1.54) is 38.5 Å². The van der Waals surface area contributed by atoms with Crippen LogP contribution < -0.4 is 0 Å². The lowest BCUT2D eigenvalue weighted by atomic mass is 10.1. The van der Waals surface area contributed by atoms with Crippen molar-refractivity contribution in [1.29, 1.82) is 5.26 Å². The van der Waals surface area contributed by atoms with Gasteiger partial charge in [-0.15, -0.1) is 0 Å². The van der Waals surface area contributed by atoms with Crippen molar-refractivity contribution in [2.75, 3.05) is 6.61 Å². The molecule has 0 atom stereocenters. The lowest BCUT2D eigenvalue weighted by Gasteiger charge is -2.02. The number of unbranched alkanes of at least 4 members (excludes halogenated alkanes) is 8. The summed E-state index contributed by atoms with van der Waals surface area (Å²) in [4.78, 5) is 11.6. The zero-order chi connectivity index (χ0) is 15.1. The smallest absolute Gasteiger partial charge is 0.348 e. The Morgan fingerprint density at radius 1 is 1.00 bits per heavy atom. The van der Waals surface area contributed by atoms with Crippen molar-refractivity contribution in [3.8, 4) is 6.07 Å². The maximum absolute atomic E-state index is 11.6. The van der Waals surface area contributed by atoms with Gasteiger partial charge in [-0.2, -0.15) is 5.26 Å². The number of rotatable bonds is 12. The molecule has 0 saturated carbocycles. The van der Waals surface area contributed by atoms with Crippen LogP contribution in [0.3, 0.4) is 0 Å². The number of nitrogens with zero attached hydrogens (tertiary/aromatic N) is 1. The first-order chi connectivity index (χ1) is 9.76. The number of allylic oxidation sites excluding steroid dienone is 1. The van der Waals surface area contributed by atoms with Crippen LogP contribution in [0.2, 0.25) is 0 Å². The minimum absolute atomic E-state index is 0.159. The molecule has 3 heteroatoms. The lowest BCUT2D eigenvalue weighted by Crippen LogP contribution is -2.07. The molecule has 0 bridgehead atoms. The third kappa shape index (κ3) is 10.6. The van der Waals surface area contributed by atoms with Crippen molar-refractivity contribution in [1.82, 2.24) is 0 Å². The van der Waals surface area contributed by atoms with Crippen molar-refractivity contribution in [2.24, 2.45) is 0 Å². The molecule has 0 spiro atoms. The summed E-state index contributed by atoms with van der Waals surface area (Å²) in [7, 11) is 0. The number of hydrogen-bond donors (Lipinski definition) is 0. The molecule has 0 unspecified atom stereocenters. The van der Waals surface area contributed by atoms with Crippen LogP contribution in [-0.2, 0) is 9.53 Å². The van der Waals surface area contributed by atoms with Crippen LogP contribution in [-0.4, -0.2) is 12.6 Å². The largest absolute Gasteiger partial charge is 0.462 e. The first-order valence-corrected chi connectivity index (χ1v) is 8.03. The highest BCUT2D eigenvalue weighted by Gasteiger charge is 2.09. The van der Waals surface area contributed by atoms with Gasteiger partial charge < -0.3 is 4.74 Å². The maximum atomic E-state index is 11.6. The molecule has 0 aliphatic rings. The minimum Gasteiger partial charge on any atom is -0.462 e. The summed E-state index contributed by atoms with van der Waals surface area (Å²) in [5.74, 6) is -0.469. The molecular weight excluding hydrogens is 250 g/mol. The normalized spacial score (nSPS) is 11.2. The summed E-state index contributed by atoms with van der Waals surface area (Å²) in [6.45, 7) is 4.66. The third-order valence-corrected chi connectivity index (χ3v) is 3.23. The highest BCUT2D eigenvalue weighted by Crippen LogP contribution is 2.10. The average molecular weight is 279 g/mol. The molecule has 0 aromatic carbocycles. The van der Waals surface area contributed by atoms with Crippen molar-refractivity contribution in [3.63, 3.8) is 0 Å². The fraction of sp³-hybridized carbons (Fsp3) is 0.765. The van der Waals surface area contributed by atoms with Crippen LogP contribution in [0.15, 0.2) is 11.6 Å². The number of esters is 1. The number of ether oxygens (including phenoxy) is 1. The molecule has 0 fully saturated rings. The Morgan fingerprint density at radius 2 is 1.60 bits per heavy atom. The fourth-order valence-electron chi connectivity index (χ4n) is 1.91. The van der Waals surface area contributed by atoms with E-state index in [0.29, 0.717) is 6.61 Å².